The van der Waals surface area contributed by atoms with Gasteiger partial charge < -0.3 is 4.90 Å². The van der Waals surface area contributed by atoms with E-state index in [1.165, 1.54) is 49.3 Å². The molecule has 0 bridgehead atoms. The summed E-state index contributed by atoms with van der Waals surface area (Å²) in [6.07, 6.45) is 2.75. The molecule has 2 saturated heterocycles. The standard InChI is InChI=1S/C16H23BrN2/c1-12-5-6-16(14(8-12)9-17)19-11-15-4-3-7-18(15)10-13(19)2/h5-6,8,13,15H,3-4,7,9-11H2,1-2H3. The number of hydrogen-bond acceptors (Lipinski definition) is 2. The van der Waals surface area contributed by atoms with Crippen LogP contribution in [0.15, 0.2) is 18.2 Å². The summed E-state index contributed by atoms with van der Waals surface area (Å²) in [4.78, 5) is 5.31. The molecule has 1 aromatic carbocycles. The van der Waals surface area contributed by atoms with Crippen LogP contribution in [0.3, 0.4) is 0 Å². The van der Waals surface area contributed by atoms with Gasteiger partial charge in [0.2, 0.25) is 0 Å². The van der Waals surface area contributed by atoms with E-state index in [-0.39, 0.29) is 0 Å². The first kappa shape index (κ1) is 13.4. The fourth-order valence-corrected chi connectivity index (χ4v) is 4.07. The van der Waals surface area contributed by atoms with Crippen molar-refractivity contribution in [2.45, 2.75) is 44.1 Å². The second kappa shape index (κ2) is 5.45. The Bertz CT molecular complexity index is 460. The Hall–Kier alpha value is -0.540. The van der Waals surface area contributed by atoms with Crippen molar-refractivity contribution in [3.63, 3.8) is 0 Å². The Morgan fingerprint density at radius 3 is 2.95 bits per heavy atom. The molecule has 0 amide bonds. The van der Waals surface area contributed by atoms with Crippen LogP contribution >= 0.6 is 15.9 Å². The maximum absolute atomic E-state index is 3.65. The third-order valence-electron chi connectivity index (χ3n) is 4.63. The van der Waals surface area contributed by atoms with Gasteiger partial charge in [0.25, 0.3) is 0 Å². The first-order valence-corrected chi connectivity index (χ1v) is 8.47. The fourth-order valence-electron chi connectivity index (χ4n) is 3.62. The van der Waals surface area contributed by atoms with Crippen LogP contribution in [-0.4, -0.2) is 36.6 Å². The molecule has 1 aromatic rings. The quantitative estimate of drug-likeness (QED) is 0.768. The zero-order chi connectivity index (χ0) is 13.4. The van der Waals surface area contributed by atoms with Crippen LogP contribution in [-0.2, 0) is 5.33 Å². The Balaban J connectivity index is 1.88. The number of alkyl halides is 1. The van der Waals surface area contributed by atoms with Crippen molar-refractivity contribution in [1.82, 2.24) is 4.90 Å². The van der Waals surface area contributed by atoms with Gasteiger partial charge in [-0.05, 0) is 44.9 Å². The fraction of sp³-hybridized carbons (Fsp3) is 0.625. The molecule has 19 heavy (non-hydrogen) atoms. The Labute approximate surface area is 124 Å². The van der Waals surface area contributed by atoms with Crippen LogP contribution < -0.4 is 4.90 Å². The van der Waals surface area contributed by atoms with Gasteiger partial charge in [0, 0.05) is 36.2 Å². The smallest absolute Gasteiger partial charge is 0.0410 e. The molecule has 104 valence electrons. The Morgan fingerprint density at radius 1 is 1.32 bits per heavy atom. The lowest BCUT2D eigenvalue weighted by molar-refractivity contribution is 0.203. The molecule has 2 atom stereocenters. The maximum atomic E-state index is 3.65. The number of nitrogens with zero attached hydrogens (tertiary/aromatic N) is 2. The topological polar surface area (TPSA) is 6.48 Å². The highest BCUT2D eigenvalue weighted by atomic mass is 79.9. The molecule has 2 aliphatic rings. The van der Waals surface area contributed by atoms with Gasteiger partial charge >= 0.3 is 0 Å². The second-order valence-corrected chi connectivity index (χ2v) is 6.62. The number of anilines is 1. The summed E-state index contributed by atoms with van der Waals surface area (Å²) in [5, 5.41) is 0.946. The lowest BCUT2D eigenvalue weighted by Gasteiger charge is -2.44. The zero-order valence-electron chi connectivity index (χ0n) is 11.9. The second-order valence-electron chi connectivity index (χ2n) is 6.06. The molecule has 2 nitrogen and oxygen atoms in total. The summed E-state index contributed by atoms with van der Waals surface area (Å²) in [5.74, 6) is 0. The van der Waals surface area contributed by atoms with Crippen LogP contribution in [0.4, 0.5) is 5.69 Å². The van der Waals surface area contributed by atoms with Gasteiger partial charge in [0.1, 0.15) is 0 Å². The zero-order valence-corrected chi connectivity index (χ0v) is 13.5. The van der Waals surface area contributed by atoms with Gasteiger partial charge in [-0.15, -0.1) is 0 Å². The van der Waals surface area contributed by atoms with Crippen LogP contribution in [0.5, 0.6) is 0 Å². The summed E-state index contributed by atoms with van der Waals surface area (Å²) < 4.78 is 0. The van der Waals surface area contributed by atoms with Crippen LogP contribution in [0.1, 0.15) is 30.9 Å². The number of fused-ring (bicyclic) bond motifs is 1. The molecule has 3 heteroatoms. The normalized spacial score (nSPS) is 27.6. The van der Waals surface area contributed by atoms with Crippen LogP contribution in [0, 0.1) is 6.92 Å². The average molecular weight is 323 g/mol. The number of halogens is 1. The molecular formula is C16H23BrN2. The van der Waals surface area contributed by atoms with E-state index >= 15 is 0 Å². The number of aryl methyl sites for hydroxylation is 1. The summed E-state index contributed by atoms with van der Waals surface area (Å²) >= 11 is 3.65. The molecule has 0 aromatic heterocycles. The lowest BCUT2D eigenvalue weighted by atomic mass is 10.0. The van der Waals surface area contributed by atoms with Gasteiger partial charge in [-0.3, -0.25) is 4.90 Å². The summed E-state index contributed by atoms with van der Waals surface area (Å²) in [7, 11) is 0. The van der Waals surface area contributed by atoms with E-state index in [2.05, 4.69) is 57.8 Å². The first-order valence-electron chi connectivity index (χ1n) is 7.35. The molecule has 0 radical (unpaired) electrons. The van der Waals surface area contributed by atoms with Crippen molar-refractivity contribution >= 4 is 21.6 Å². The largest absolute Gasteiger partial charge is 0.366 e. The highest BCUT2D eigenvalue weighted by Gasteiger charge is 2.34. The predicted molar refractivity (Wildman–Crippen MR) is 85.2 cm³/mol. The molecule has 3 rings (SSSR count). The minimum atomic E-state index is 0.620. The number of rotatable bonds is 2. The third kappa shape index (κ3) is 2.55. The Morgan fingerprint density at radius 2 is 2.16 bits per heavy atom. The highest BCUT2D eigenvalue weighted by Crippen LogP contribution is 2.32. The summed E-state index contributed by atoms with van der Waals surface area (Å²) in [6.45, 7) is 8.27. The van der Waals surface area contributed by atoms with Crippen LogP contribution in [0.25, 0.3) is 0 Å². The highest BCUT2D eigenvalue weighted by molar-refractivity contribution is 9.08. The van der Waals surface area contributed by atoms with Crippen molar-refractivity contribution in [3.8, 4) is 0 Å². The first-order chi connectivity index (χ1) is 9.19. The van der Waals surface area contributed by atoms with E-state index < -0.39 is 0 Å². The monoisotopic (exact) mass is 322 g/mol. The minimum Gasteiger partial charge on any atom is -0.366 e. The third-order valence-corrected chi connectivity index (χ3v) is 5.23. The maximum Gasteiger partial charge on any atom is 0.0410 e. The van der Waals surface area contributed by atoms with Gasteiger partial charge in [-0.25, -0.2) is 0 Å². The van der Waals surface area contributed by atoms with E-state index in [0.717, 1.165) is 11.4 Å². The lowest BCUT2D eigenvalue weighted by Crippen LogP contribution is -2.55. The molecular weight excluding hydrogens is 300 g/mol. The van der Waals surface area contributed by atoms with E-state index in [0.29, 0.717) is 6.04 Å². The molecule has 0 aliphatic carbocycles. The molecule has 0 saturated carbocycles. The summed E-state index contributed by atoms with van der Waals surface area (Å²) in [6, 6.07) is 8.27. The molecule has 0 spiro atoms. The molecule has 2 heterocycles. The van der Waals surface area contributed by atoms with E-state index in [1.54, 1.807) is 0 Å². The van der Waals surface area contributed by atoms with Gasteiger partial charge in [0.15, 0.2) is 0 Å². The predicted octanol–water partition coefficient (Wildman–Crippen LogP) is 3.56. The minimum absolute atomic E-state index is 0.620. The molecule has 2 fully saturated rings. The summed E-state index contributed by atoms with van der Waals surface area (Å²) in [5.41, 5.74) is 4.21. The molecule has 0 N–H and O–H groups in total. The number of hydrogen-bond donors (Lipinski definition) is 0. The molecule has 2 unspecified atom stereocenters. The van der Waals surface area contributed by atoms with Gasteiger partial charge in [-0.1, -0.05) is 33.6 Å². The van der Waals surface area contributed by atoms with Crippen molar-refractivity contribution in [3.05, 3.63) is 29.3 Å². The van der Waals surface area contributed by atoms with E-state index in [4.69, 9.17) is 0 Å². The van der Waals surface area contributed by atoms with Gasteiger partial charge in [0.05, 0.1) is 0 Å². The molecule has 2 aliphatic heterocycles. The van der Waals surface area contributed by atoms with Gasteiger partial charge in [-0.2, -0.15) is 0 Å². The van der Waals surface area contributed by atoms with Crippen LogP contribution in [0.2, 0.25) is 0 Å². The van der Waals surface area contributed by atoms with E-state index in [1.807, 2.05) is 0 Å². The number of benzene rings is 1. The van der Waals surface area contributed by atoms with Crippen molar-refractivity contribution in [2.75, 3.05) is 24.5 Å². The van der Waals surface area contributed by atoms with E-state index in [9.17, 15) is 0 Å². The SMILES string of the molecule is Cc1ccc(N2CC3CCCN3CC2C)c(CBr)c1. The van der Waals surface area contributed by atoms with Crippen molar-refractivity contribution in [1.29, 1.82) is 0 Å². The van der Waals surface area contributed by atoms with Crippen molar-refractivity contribution in [2.24, 2.45) is 0 Å². The average Bonchev–Trinajstić information content (AvgIpc) is 2.85. The van der Waals surface area contributed by atoms with Crippen molar-refractivity contribution < 1.29 is 0 Å². The number of piperazine rings is 1. The Kier molecular flexibility index (Phi) is 3.86.